The Morgan fingerprint density at radius 1 is 1.17 bits per heavy atom. The van der Waals surface area contributed by atoms with Crippen LogP contribution >= 0.6 is 11.6 Å². The first-order valence-corrected chi connectivity index (χ1v) is 12.5. The van der Waals surface area contributed by atoms with Gasteiger partial charge in [0.1, 0.15) is 6.04 Å². The minimum absolute atomic E-state index is 0.223. The smallest absolute Gasteiger partial charge is 0.244 e. The molecule has 2 unspecified atom stereocenters. The first-order chi connectivity index (χ1) is 14.1. The number of nitrogens with one attached hydrogen (secondary N) is 1. The van der Waals surface area contributed by atoms with E-state index < -0.39 is 16.1 Å². The molecule has 5 nitrogen and oxygen atoms in total. The van der Waals surface area contributed by atoms with Crippen LogP contribution in [0.4, 0.5) is 5.69 Å². The maximum absolute atomic E-state index is 13.2. The van der Waals surface area contributed by atoms with Crippen LogP contribution in [0.15, 0.2) is 36.4 Å². The van der Waals surface area contributed by atoms with Crippen molar-refractivity contribution in [3.8, 4) is 0 Å². The first kappa shape index (κ1) is 22.6. The van der Waals surface area contributed by atoms with Gasteiger partial charge in [-0.15, -0.1) is 0 Å². The van der Waals surface area contributed by atoms with Crippen LogP contribution in [-0.2, 0) is 27.7 Å². The number of rotatable bonds is 7. The summed E-state index contributed by atoms with van der Waals surface area (Å²) in [4.78, 5) is 13.2. The van der Waals surface area contributed by atoms with E-state index in [4.69, 9.17) is 11.6 Å². The Kier molecular flexibility index (Phi) is 6.78. The van der Waals surface area contributed by atoms with Crippen LogP contribution < -0.4 is 9.62 Å². The molecule has 0 aliphatic heterocycles. The monoisotopic (exact) mass is 448 g/mol. The highest BCUT2D eigenvalue weighted by Gasteiger charge is 2.33. The second-order valence-electron chi connectivity index (χ2n) is 8.03. The Labute approximate surface area is 184 Å². The van der Waals surface area contributed by atoms with Gasteiger partial charge < -0.3 is 5.32 Å². The van der Waals surface area contributed by atoms with Gasteiger partial charge in [-0.3, -0.25) is 9.10 Å². The lowest BCUT2D eigenvalue weighted by Gasteiger charge is -2.32. The maximum atomic E-state index is 13.2. The molecule has 1 aliphatic carbocycles. The van der Waals surface area contributed by atoms with Crippen molar-refractivity contribution in [2.24, 2.45) is 0 Å². The molecule has 0 bridgehead atoms. The van der Waals surface area contributed by atoms with Crippen molar-refractivity contribution in [2.45, 2.75) is 58.5 Å². The predicted molar refractivity (Wildman–Crippen MR) is 123 cm³/mol. The summed E-state index contributed by atoms with van der Waals surface area (Å²) in [5, 5.41) is 3.44. The van der Waals surface area contributed by atoms with Crippen molar-refractivity contribution in [3.05, 3.63) is 63.7 Å². The van der Waals surface area contributed by atoms with Gasteiger partial charge >= 0.3 is 0 Å². The van der Waals surface area contributed by atoms with Gasteiger partial charge in [0, 0.05) is 5.02 Å². The summed E-state index contributed by atoms with van der Waals surface area (Å²) in [5.74, 6) is -0.324. The predicted octanol–water partition coefficient (Wildman–Crippen LogP) is 4.56. The lowest BCUT2D eigenvalue weighted by Crippen LogP contribution is -2.50. The Morgan fingerprint density at radius 2 is 1.87 bits per heavy atom. The number of hydrogen-bond donors (Lipinski definition) is 1. The van der Waals surface area contributed by atoms with Gasteiger partial charge in [-0.05, 0) is 73.9 Å². The molecule has 1 N–H and O–H groups in total. The lowest BCUT2D eigenvalue weighted by atomic mass is 10.0. The number of fused-ring (bicyclic) bond motifs is 1. The third kappa shape index (κ3) is 4.81. The molecule has 0 aromatic heterocycles. The van der Waals surface area contributed by atoms with Crippen molar-refractivity contribution >= 4 is 33.2 Å². The lowest BCUT2D eigenvalue weighted by molar-refractivity contribution is -0.122. The standard InChI is InChI=1S/C23H29ClN2O3S/c1-5-21(26(30(4,28)29)22-14-20(24)12-9-15(22)2)23(27)25-16(3)18-11-10-17-7-6-8-19(17)13-18/h9-14,16,21H,5-8H2,1-4H3,(H,25,27). The van der Waals surface area contributed by atoms with Gasteiger partial charge in [-0.2, -0.15) is 0 Å². The molecule has 2 aromatic rings. The van der Waals surface area contributed by atoms with E-state index in [1.165, 1.54) is 21.9 Å². The molecule has 0 radical (unpaired) electrons. The quantitative estimate of drug-likeness (QED) is 0.675. The summed E-state index contributed by atoms with van der Waals surface area (Å²) in [6, 6.07) is 10.3. The highest BCUT2D eigenvalue weighted by molar-refractivity contribution is 7.92. The second kappa shape index (κ2) is 8.98. The van der Waals surface area contributed by atoms with Gasteiger partial charge in [0.05, 0.1) is 18.0 Å². The third-order valence-corrected chi connectivity index (χ3v) is 7.12. The SMILES string of the molecule is CCC(C(=O)NC(C)c1ccc2c(c1)CCC2)N(c1cc(Cl)ccc1C)S(C)(=O)=O. The summed E-state index contributed by atoms with van der Waals surface area (Å²) >= 11 is 6.13. The number of aryl methyl sites for hydroxylation is 3. The molecule has 0 fully saturated rings. The molecule has 0 heterocycles. The molecule has 162 valence electrons. The summed E-state index contributed by atoms with van der Waals surface area (Å²) in [6.45, 7) is 5.54. The fraction of sp³-hybridized carbons (Fsp3) is 0.435. The van der Waals surface area contributed by atoms with E-state index in [-0.39, 0.29) is 11.9 Å². The number of anilines is 1. The number of hydrogen-bond acceptors (Lipinski definition) is 3. The number of carbonyl (C=O) groups is 1. The molecule has 1 aliphatic rings. The highest BCUT2D eigenvalue weighted by atomic mass is 35.5. The van der Waals surface area contributed by atoms with E-state index in [0.29, 0.717) is 17.1 Å². The topological polar surface area (TPSA) is 66.5 Å². The van der Waals surface area contributed by atoms with Crippen LogP contribution in [0.2, 0.25) is 5.02 Å². The first-order valence-electron chi connectivity index (χ1n) is 10.3. The van der Waals surface area contributed by atoms with E-state index in [1.807, 2.05) is 26.8 Å². The Bertz CT molecular complexity index is 1050. The number of amides is 1. The molecule has 1 amide bonds. The minimum Gasteiger partial charge on any atom is -0.348 e. The van der Waals surface area contributed by atoms with E-state index >= 15 is 0 Å². The largest absolute Gasteiger partial charge is 0.348 e. The molecule has 7 heteroatoms. The minimum atomic E-state index is -3.71. The summed E-state index contributed by atoms with van der Waals surface area (Å²) in [6.07, 6.45) is 4.79. The van der Waals surface area contributed by atoms with Crippen LogP contribution in [0.1, 0.15) is 55.0 Å². The fourth-order valence-electron chi connectivity index (χ4n) is 4.11. The molecule has 2 aromatic carbocycles. The Hall–Kier alpha value is -2.05. The molecule has 0 saturated carbocycles. The van der Waals surface area contributed by atoms with Crippen LogP contribution in [-0.4, -0.2) is 26.6 Å². The van der Waals surface area contributed by atoms with E-state index in [0.717, 1.165) is 30.2 Å². The van der Waals surface area contributed by atoms with Crippen molar-refractivity contribution < 1.29 is 13.2 Å². The zero-order valence-corrected chi connectivity index (χ0v) is 19.5. The zero-order chi connectivity index (χ0) is 22.1. The molecule has 0 spiro atoms. The Morgan fingerprint density at radius 3 is 2.53 bits per heavy atom. The van der Waals surface area contributed by atoms with E-state index in [9.17, 15) is 13.2 Å². The molecule has 0 saturated heterocycles. The van der Waals surface area contributed by atoms with E-state index in [1.54, 1.807) is 18.2 Å². The van der Waals surface area contributed by atoms with E-state index in [2.05, 4.69) is 17.4 Å². The fourth-order valence-corrected chi connectivity index (χ4v) is 5.54. The van der Waals surface area contributed by atoms with Gasteiger partial charge in [-0.25, -0.2) is 8.42 Å². The Balaban J connectivity index is 1.88. The van der Waals surface area contributed by atoms with Gasteiger partial charge in [0.15, 0.2) is 0 Å². The average Bonchev–Trinajstić information content (AvgIpc) is 3.14. The van der Waals surface area contributed by atoms with Crippen molar-refractivity contribution in [1.29, 1.82) is 0 Å². The van der Waals surface area contributed by atoms with Crippen LogP contribution in [0.25, 0.3) is 0 Å². The third-order valence-electron chi connectivity index (χ3n) is 5.72. The highest BCUT2D eigenvalue weighted by Crippen LogP contribution is 2.30. The second-order valence-corrected chi connectivity index (χ2v) is 10.3. The maximum Gasteiger partial charge on any atom is 0.244 e. The van der Waals surface area contributed by atoms with Gasteiger partial charge in [0.25, 0.3) is 0 Å². The molecular weight excluding hydrogens is 420 g/mol. The van der Waals surface area contributed by atoms with Crippen molar-refractivity contribution in [3.63, 3.8) is 0 Å². The molecular formula is C23H29ClN2O3S. The van der Waals surface area contributed by atoms with Crippen LogP contribution in [0.3, 0.4) is 0 Å². The molecule has 30 heavy (non-hydrogen) atoms. The van der Waals surface area contributed by atoms with Gasteiger partial charge in [0.2, 0.25) is 15.9 Å². The normalized spacial score (nSPS) is 15.4. The molecule has 3 rings (SSSR count). The summed E-state index contributed by atoms with van der Waals surface area (Å²) in [7, 11) is -3.71. The number of halogens is 1. The van der Waals surface area contributed by atoms with Crippen molar-refractivity contribution in [2.75, 3.05) is 10.6 Å². The van der Waals surface area contributed by atoms with Crippen LogP contribution in [0, 0.1) is 6.92 Å². The number of carbonyl (C=O) groups excluding carboxylic acids is 1. The number of nitrogens with zero attached hydrogens (tertiary/aromatic N) is 1. The number of benzene rings is 2. The van der Waals surface area contributed by atoms with Crippen LogP contribution in [0.5, 0.6) is 0 Å². The summed E-state index contributed by atoms with van der Waals surface area (Å²) in [5.41, 5.74) is 4.92. The van der Waals surface area contributed by atoms with Gasteiger partial charge in [-0.1, -0.05) is 42.8 Å². The zero-order valence-electron chi connectivity index (χ0n) is 17.9. The van der Waals surface area contributed by atoms with Crippen molar-refractivity contribution in [1.82, 2.24) is 5.32 Å². The number of sulfonamides is 1. The average molecular weight is 449 g/mol. The molecule has 2 atom stereocenters. The summed E-state index contributed by atoms with van der Waals surface area (Å²) < 4.78 is 26.6.